The molecule has 2 N–H and O–H groups in total. The van der Waals surface area contributed by atoms with Gasteiger partial charge in [-0.3, -0.25) is 0 Å². The highest BCUT2D eigenvalue weighted by Crippen LogP contribution is 2.14. The van der Waals surface area contributed by atoms with Crippen LogP contribution in [0.2, 0.25) is 0 Å². The molecule has 2 aromatic heterocycles. The van der Waals surface area contributed by atoms with Crippen molar-refractivity contribution in [2.75, 3.05) is 13.6 Å². The predicted octanol–water partition coefficient (Wildman–Crippen LogP) is 1.58. The van der Waals surface area contributed by atoms with E-state index in [2.05, 4.69) is 10.0 Å². The van der Waals surface area contributed by atoms with E-state index in [9.17, 15) is 8.42 Å². The summed E-state index contributed by atoms with van der Waals surface area (Å²) in [5, 5.41) is 4.84. The van der Waals surface area contributed by atoms with E-state index in [1.165, 1.54) is 6.07 Å². The first-order valence-electron chi connectivity index (χ1n) is 5.87. The van der Waals surface area contributed by atoms with Crippen LogP contribution in [0.25, 0.3) is 0 Å². The minimum absolute atomic E-state index is 0.0380. The Morgan fingerprint density at radius 3 is 2.84 bits per heavy atom. The predicted molar refractivity (Wildman–Crippen MR) is 74.7 cm³/mol. The van der Waals surface area contributed by atoms with Crippen molar-refractivity contribution in [1.82, 2.24) is 10.0 Å². The summed E-state index contributed by atoms with van der Waals surface area (Å²) in [5.74, 6) is 0.598. The van der Waals surface area contributed by atoms with Gasteiger partial charge in [-0.25, -0.2) is 13.1 Å². The van der Waals surface area contributed by atoms with Gasteiger partial charge in [0.25, 0.3) is 10.0 Å². The Balaban J connectivity index is 1.93. The van der Waals surface area contributed by atoms with Gasteiger partial charge in [-0.2, -0.15) is 0 Å². The fourth-order valence-corrected chi connectivity index (χ4v) is 3.29. The van der Waals surface area contributed by atoms with Crippen molar-refractivity contribution < 1.29 is 12.8 Å². The first-order valence-corrected chi connectivity index (χ1v) is 8.23. The molecule has 0 amide bonds. The summed E-state index contributed by atoms with van der Waals surface area (Å²) >= 11 is 1.61. The second-order valence-corrected chi connectivity index (χ2v) is 6.71. The molecule has 5 nitrogen and oxygen atoms in total. The molecule has 0 fully saturated rings. The van der Waals surface area contributed by atoms with E-state index in [0.29, 0.717) is 25.3 Å². The van der Waals surface area contributed by atoms with Gasteiger partial charge in [-0.05, 0) is 37.0 Å². The highest BCUT2D eigenvalue weighted by atomic mass is 32.2. The molecule has 2 rings (SSSR count). The zero-order chi connectivity index (χ0) is 13.7. The second kappa shape index (κ2) is 6.33. The van der Waals surface area contributed by atoms with Crippen LogP contribution in [-0.4, -0.2) is 22.0 Å². The Labute approximate surface area is 116 Å². The first kappa shape index (κ1) is 14.3. The molecule has 0 aliphatic heterocycles. The van der Waals surface area contributed by atoms with Gasteiger partial charge in [0, 0.05) is 11.4 Å². The number of nitrogens with one attached hydrogen (secondary N) is 2. The van der Waals surface area contributed by atoms with Crippen molar-refractivity contribution in [2.45, 2.75) is 18.1 Å². The van der Waals surface area contributed by atoms with E-state index < -0.39 is 10.0 Å². The molecule has 0 aliphatic carbocycles. The minimum atomic E-state index is -3.55. The topological polar surface area (TPSA) is 71.3 Å². The maximum Gasteiger partial charge on any atom is 0.273 e. The number of rotatable bonds is 7. The average molecular weight is 300 g/mol. The first-order chi connectivity index (χ1) is 9.12. The lowest BCUT2D eigenvalue weighted by atomic mass is 10.3. The highest BCUT2D eigenvalue weighted by Gasteiger charge is 2.17. The molecule has 0 spiro atoms. The summed E-state index contributed by atoms with van der Waals surface area (Å²) < 4.78 is 31.7. The SMILES string of the molecule is CNCc1ccc(S(=O)(=O)NCCc2cccs2)o1. The van der Waals surface area contributed by atoms with Crippen LogP contribution >= 0.6 is 11.3 Å². The lowest BCUT2D eigenvalue weighted by Crippen LogP contribution is -2.25. The average Bonchev–Trinajstić information content (AvgIpc) is 3.00. The third-order valence-corrected chi connectivity index (χ3v) is 4.77. The Bertz CT molecular complexity index is 603. The quantitative estimate of drug-likeness (QED) is 0.814. The smallest absolute Gasteiger partial charge is 0.273 e. The largest absolute Gasteiger partial charge is 0.447 e. The summed E-state index contributed by atoms with van der Waals surface area (Å²) in [7, 11) is -1.78. The number of thiophene rings is 1. The van der Waals surface area contributed by atoms with Crippen LogP contribution in [0.3, 0.4) is 0 Å². The van der Waals surface area contributed by atoms with E-state index >= 15 is 0 Å². The van der Waals surface area contributed by atoms with Crippen LogP contribution < -0.4 is 10.0 Å². The van der Waals surface area contributed by atoms with Crippen molar-refractivity contribution in [3.8, 4) is 0 Å². The van der Waals surface area contributed by atoms with Crippen LogP contribution in [0, 0.1) is 0 Å². The lowest BCUT2D eigenvalue weighted by Gasteiger charge is -2.03. The van der Waals surface area contributed by atoms with Crippen LogP contribution in [0.4, 0.5) is 0 Å². The summed E-state index contributed by atoms with van der Waals surface area (Å²) in [5.41, 5.74) is 0. The van der Waals surface area contributed by atoms with Crippen LogP contribution in [0.15, 0.2) is 39.2 Å². The third kappa shape index (κ3) is 3.90. The molecular formula is C12H16N2O3S2. The highest BCUT2D eigenvalue weighted by molar-refractivity contribution is 7.89. The Hall–Kier alpha value is -1.15. The zero-order valence-corrected chi connectivity index (χ0v) is 12.2. The molecule has 0 radical (unpaired) electrons. The number of hydrogen-bond acceptors (Lipinski definition) is 5. The standard InChI is InChI=1S/C12H16N2O3S2/c1-13-9-10-4-5-12(17-10)19(15,16)14-7-6-11-3-2-8-18-11/h2-5,8,13-14H,6-7,9H2,1H3. The molecule has 7 heteroatoms. The van der Waals surface area contributed by atoms with E-state index in [1.807, 2.05) is 17.5 Å². The summed E-state index contributed by atoms with van der Waals surface area (Å²) in [6.45, 7) is 0.871. The molecule has 0 saturated carbocycles. The zero-order valence-electron chi connectivity index (χ0n) is 10.5. The van der Waals surface area contributed by atoms with Crippen molar-refractivity contribution in [2.24, 2.45) is 0 Å². The van der Waals surface area contributed by atoms with Gasteiger partial charge in [-0.1, -0.05) is 6.07 Å². The molecule has 0 bridgehead atoms. The Morgan fingerprint density at radius 1 is 1.32 bits per heavy atom. The van der Waals surface area contributed by atoms with E-state index in [4.69, 9.17) is 4.42 Å². The molecule has 2 aromatic rings. The molecule has 0 unspecified atom stereocenters. The van der Waals surface area contributed by atoms with Crippen molar-refractivity contribution in [3.05, 3.63) is 40.3 Å². The molecule has 0 aliphatic rings. The summed E-state index contributed by atoms with van der Waals surface area (Å²) in [6.07, 6.45) is 0.682. The van der Waals surface area contributed by atoms with Gasteiger partial charge in [0.1, 0.15) is 5.76 Å². The van der Waals surface area contributed by atoms with Gasteiger partial charge < -0.3 is 9.73 Å². The van der Waals surface area contributed by atoms with Gasteiger partial charge >= 0.3 is 0 Å². The number of hydrogen-bond donors (Lipinski definition) is 2. The normalized spacial score (nSPS) is 11.8. The molecule has 104 valence electrons. The number of sulfonamides is 1. The minimum Gasteiger partial charge on any atom is -0.447 e. The van der Waals surface area contributed by atoms with Gasteiger partial charge in [0.2, 0.25) is 5.09 Å². The van der Waals surface area contributed by atoms with E-state index in [-0.39, 0.29) is 5.09 Å². The molecule has 0 atom stereocenters. The summed E-state index contributed by atoms with van der Waals surface area (Å²) in [6, 6.07) is 7.06. The third-order valence-electron chi connectivity index (χ3n) is 2.50. The molecule has 0 aromatic carbocycles. The van der Waals surface area contributed by atoms with Crippen LogP contribution in [0.1, 0.15) is 10.6 Å². The summed E-state index contributed by atoms with van der Waals surface area (Å²) in [4.78, 5) is 1.15. The lowest BCUT2D eigenvalue weighted by molar-refractivity contribution is 0.404. The van der Waals surface area contributed by atoms with Gasteiger partial charge in [0.15, 0.2) is 0 Å². The molecule has 2 heterocycles. The fraction of sp³-hybridized carbons (Fsp3) is 0.333. The van der Waals surface area contributed by atoms with Crippen LogP contribution in [0.5, 0.6) is 0 Å². The monoisotopic (exact) mass is 300 g/mol. The maximum atomic E-state index is 12.0. The van der Waals surface area contributed by atoms with Gasteiger partial charge in [0.05, 0.1) is 6.54 Å². The maximum absolute atomic E-state index is 12.0. The number of furan rings is 1. The molecular weight excluding hydrogens is 284 g/mol. The fourth-order valence-electron chi connectivity index (χ4n) is 1.61. The van der Waals surface area contributed by atoms with E-state index in [1.54, 1.807) is 24.5 Å². The van der Waals surface area contributed by atoms with Crippen molar-refractivity contribution in [3.63, 3.8) is 0 Å². The molecule has 0 saturated heterocycles. The van der Waals surface area contributed by atoms with Gasteiger partial charge in [-0.15, -0.1) is 11.3 Å². The molecule has 19 heavy (non-hydrogen) atoms. The van der Waals surface area contributed by atoms with E-state index in [0.717, 1.165) is 4.88 Å². The Morgan fingerprint density at radius 2 is 2.16 bits per heavy atom. The van der Waals surface area contributed by atoms with Crippen molar-refractivity contribution >= 4 is 21.4 Å². The van der Waals surface area contributed by atoms with Crippen molar-refractivity contribution in [1.29, 1.82) is 0 Å². The Kier molecular flexibility index (Phi) is 4.76. The van der Waals surface area contributed by atoms with Crippen LogP contribution in [-0.2, 0) is 23.0 Å². The second-order valence-electron chi connectivity index (χ2n) is 3.98.